The number of sulfone groups is 1. The number of rotatable bonds is 6. The summed E-state index contributed by atoms with van der Waals surface area (Å²) < 4.78 is 32.0. The van der Waals surface area contributed by atoms with E-state index >= 15 is 0 Å². The molecule has 0 bridgehead atoms. The van der Waals surface area contributed by atoms with Gasteiger partial charge in [-0.25, -0.2) is 13.2 Å². The Morgan fingerprint density at radius 3 is 2.66 bits per heavy atom. The van der Waals surface area contributed by atoms with Crippen LogP contribution in [0.3, 0.4) is 0 Å². The average Bonchev–Trinajstić information content (AvgIpc) is 2.97. The molecule has 1 aromatic heterocycles. The first kappa shape index (κ1) is 22.0. The second kappa shape index (κ2) is 8.61. The number of hydrogen-bond acceptors (Lipinski definition) is 6. The van der Waals surface area contributed by atoms with E-state index in [4.69, 9.17) is 27.9 Å². The van der Waals surface area contributed by atoms with Crippen LogP contribution in [0.2, 0.25) is 10.0 Å². The van der Waals surface area contributed by atoms with E-state index in [2.05, 4.69) is 4.98 Å². The number of nitrogens with one attached hydrogen (secondary N) is 1. The van der Waals surface area contributed by atoms with Gasteiger partial charge in [-0.1, -0.05) is 36.2 Å². The molecule has 2 N–H and O–H groups in total. The molecule has 0 spiro atoms. The topological polar surface area (TPSA) is 118 Å². The third kappa shape index (κ3) is 5.10. The van der Waals surface area contributed by atoms with Gasteiger partial charge in [0.15, 0.2) is 9.84 Å². The van der Waals surface area contributed by atoms with Gasteiger partial charge in [0.2, 0.25) is 0 Å². The molecule has 2 heterocycles. The van der Waals surface area contributed by atoms with Crippen LogP contribution >= 0.6 is 23.2 Å². The van der Waals surface area contributed by atoms with Crippen LogP contribution < -0.4 is 11.2 Å². The Morgan fingerprint density at radius 1 is 1.28 bits per heavy atom. The highest BCUT2D eigenvalue weighted by atomic mass is 35.5. The van der Waals surface area contributed by atoms with Gasteiger partial charge in [0, 0.05) is 28.2 Å². The lowest BCUT2D eigenvalue weighted by molar-refractivity contribution is -0.00848. The minimum atomic E-state index is -3.68. The Labute approximate surface area is 177 Å². The first-order valence-electron chi connectivity index (χ1n) is 8.92. The molecule has 1 aliphatic rings. The van der Waals surface area contributed by atoms with Crippen LogP contribution in [0.4, 0.5) is 0 Å². The monoisotopic (exact) mass is 462 g/mol. The number of H-pyrrole nitrogens is 1. The minimum absolute atomic E-state index is 0.0248. The molecule has 1 saturated heterocycles. The van der Waals surface area contributed by atoms with Gasteiger partial charge in [-0.05, 0) is 24.1 Å². The number of ether oxygens (including phenoxy) is 1. The van der Waals surface area contributed by atoms with E-state index in [-0.39, 0.29) is 17.2 Å². The Kier molecular flexibility index (Phi) is 6.54. The molecule has 8 nitrogen and oxygen atoms in total. The summed E-state index contributed by atoms with van der Waals surface area (Å²) in [5.41, 5.74) is -0.382. The normalized spacial score (nSPS) is 22.1. The van der Waals surface area contributed by atoms with Gasteiger partial charge in [-0.15, -0.1) is 0 Å². The summed E-state index contributed by atoms with van der Waals surface area (Å²) in [6.07, 6.45) is -1.16. The number of nitrogens with zero attached hydrogens (tertiary/aromatic N) is 1. The van der Waals surface area contributed by atoms with Gasteiger partial charge in [-0.2, -0.15) is 0 Å². The highest BCUT2D eigenvalue weighted by Crippen LogP contribution is 2.30. The van der Waals surface area contributed by atoms with Gasteiger partial charge in [0.25, 0.3) is 5.56 Å². The predicted octanol–water partition coefficient (Wildman–Crippen LogP) is 1.67. The molecular weight excluding hydrogens is 443 g/mol. The lowest BCUT2D eigenvalue weighted by Gasteiger charge is -2.17. The molecule has 29 heavy (non-hydrogen) atoms. The summed E-state index contributed by atoms with van der Waals surface area (Å²) in [5.74, 6) is -0.777. The largest absolute Gasteiger partial charge is 0.390 e. The molecule has 1 fully saturated rings. The van der Waals surface area contributed by atoms with E-state index in [1.807, 2.05) is 0 Å². The smallest absolute Gasteiger partial charge is 0.330 e. The fourth-order valence-corrected chi connectivity index (χ4v) is 5.41. The highest BCUT2D eigenvalue weighted by molar-refractivity contribution is 7.90. The molecule has 0 radical (unpaired) electrons. The number of aromatic amines is 1. The Morgan fingerprint density at radius 2 is 2.00 bits per heavy atom. The van der Waals surface area contributed by atoms with Crippen LogP contribution in [0.5, 0.6) is 0 Å². The third-order valence-corrected chi connectivity index (χ3v) is 6.92. The van der Waals surface area contributed by atoms with E-state index in [0.29, 0.717) is 22.6 Å². The molecule has 3 atom stereocenters. The number of aryl methyl sites for hydroxylation is 1. The molecule has 3 rings (SSSR count). The summed E-state index contributed by atoms with van der Waals surface area (Å²) in [4.78, 5) is 26.0. The quantitative estimate of drug-likeness (QED) is 0.673. The lowest BCUT2D eigenvalue weighted by atomic mass is 10.2. The van der Waals surface area contributed by atoms with Crippen molar-refractivity contribution < 1.29 is 18.3 Å². The van der Waals surface area contributed by atoms with E-state index in [9.17, 15) is 23.1 Å². The van der Waals surface area contributed by atoms with Crippen LogP contribution in [-0.2, 0) is 26.7 Å². The van der Waals surface area contributed by atoms with Crippen molar-refractivity contribution in [1.82, 2.24) is 9.55 Å². The Bertz CT molecular complexity index is 1130. The molecule has 158 valence electrons. The van der Waals surface area contributed by atoms with E-state index in [1.54, 1.807) is 13.0 Å². The van der Waals surface area contributed by atoms with Crippen molar-refractivity contribution in [1.29, 1.82) is 0 Å². The SMILES string of the molecule is CCc1cn([C@H]2C[C@H](O)[C@@H](CS(=O)(=O)Cc3ccc(Cl)cc3Cl)O2)c(=O)[nH]c1=O. The van der Waals surface area contributed by atoms with Crippen LogP contribution in [0.1, 0.15) is 30.7 Å². The van der Waals surface area contributed by atoms with Crippen molar-refractivity contribution in [2.45, 2.75) is 44.0 Å². The first-order chi connectivity index (χ1) is 13.6. The highest BCUT2D eigenvalue weighted by Gasteiger charge is 2.38. The lowest BCUT2D eigenvalue weighted by Crippen LogP contribution is -2.34. The van der Waals surface area contributed by atoms with Crippen LogP contribution in [0, 0.1) is 0 Å². The zero-order valence-electron chi connectivity index (χ0n) is 15.5. The summed E-state index contributed by atoms with van der Waals surface area (Å²) >= 11 is 11.9. The van der Waals surface area contributed by atoms with Crippen LogP contribution in [0.15, 0.2) is 34.0 Å². The molecule has 1 aliphatic heterocycles. The van der Waals surface area contributed by atoms with Crippen LogP contribution in [0.25, 0.3) is 0 Å². The Balaban J connectivity index is 1.76. The maximum absolute atomic E-state index is 12.6. The maximum Gasteiger partial charge on any atom is 0.330 e. The van der Waals surface area contributed by atoms with Gasteiger partial charge in [-0.3, -0.25) is 14.3 Å². The molecular formula is C18H20Cl2N2O6S. The molecule has 0 amide bonds. The number of hydrogen-bond donors (Lipinski definition) is 2. The fourth-order valence-electron chi connectivity index (χ4n) is 3.21. The fraction of sp³-hybridized carbons (Fsp3) is 0.444. The average molecular weight is 463 g/mol. The standard InChI is InChI=1S/C18H20Cl2N2O6S/c1-2-10-7-22(18(25)21-17(10)24)16-6-14(23)15(28-16)9-29(26,27)8-11-3-4-12(19)5-13(11)20/h3-5,7,14-16,23H,2,6,8-9H2,1H3,(H,21,24,25)/t14-,15+,16+/m0/s1. The van der Waals surface area contributed by atoms with E-state index < -0.39 is 45.3 Å². The second-order valence-electron chi connectivity index (χ2n) is 6.90. The van der Waals surface area contributed by atoms with E-state index in [0.717, 1.165) is 0 Å². The first-order valence-corrected chi connectivity index (χ1v) is 11.5. The molecule has 0 unspecified atom stereocenters. The number of aromatic nitrogens is 2. The Hall–Kier alpha value is -1.65. The van der Waals surface area contributed by atoms with Gasteiger partial charge in [0.05, 0.1) is 17.6 Å². The van der Waals surface area contributed by atoms with Crippen molar-refractivity contribution in [2.75, 3.05) is 5.75 Å². The minimum Gasteiger partial charge on any atom is -0.390 e. The molecule has 0 aliphatic carbocycles. The summed E-state index contributed by atoms with van der Waals surface area (Å²) in [7, 11) is -3.68. The van der Waals surface area contributed by atoms with E-state index in [1.165, 1.54) is 22.9 Å². The summed E-state index contributed by atoms with van der Waals surface area (Å²) in [6, 6.07) is 4.53. The second-order valence-corrected chi connectivity index (χ2v) is 9.85. The van der Waals surface area contributed by atoms with Crippen molar-refractivity contribution in [3.05, 3.63) is 66.4 Å². The zero-order chi connectivity index (χ0) is 21.3. The van der Waals surface area contributed by atoms with Crippen molar-refractivity contribution >= 4 is 33.0 Å². The number of aliphatic hydroxyl groups excluding tert-OH is 1. The van der Waals surface area contributed by atoms with Gasteiger partial charge in [0.1, 0.15) is 12.3 Å². The van der Waals surface area contributed by atoms with Crippen molar-refractivity contribution in [3.8, 4) is 0 Å². The maximum atomic E-state index is 12.6. The van der Waals surface area contributed by atoms with Gasteiger partial charge >= 0.3 is 5.69 Å². The molecule has 0 saturated carbocycles. The predicted molar refractivity (Wildman–Crippen MR) is 109 cm³/mol. The zero-order valence-corrected chi connectivity index (χ0v) is 17.8. The van der Waals surface area contributed by atoms with Gasteiger partial charge < -0.3 is 9.84 Å². The van der Waals surface area contributed by atoms with Crippen molar-refractivity contribution in [2.24, 2.45) is 0 Å². The molecule has 2 aromatic rings. The summed E-state index contributed by atoms with van der Waals surface area (Å²) in [6.45, 7) is 1.76. The number of halogens is 2. The van der Waals surface area contributed by atoms with Crippen LogP contribution in [-0.4, -0.2) is 41.0 Å². The summed E-state index contributed by atoms with van der Waals surface area (Å²) in [5, 5.41) is 10.9. The molecule has 1 aromatic carbocycles. The number of aliphatic hydroxyl groups is 1. The van der Waals surface area contributed by atoms with Crippen molar-refractivity contribution in [3.63, 3.8) is 0 Å². The molecule has 11 heteroatoms. The third-order valence-electron chi connectivity index (χ3n) is 4.75. The number of benzene rings is 1.